The highest BCUT2D eigenvalue weighted by atomic mass is 32.2. The van der Waals surface area contributed by atoms with Crippen molar-refractivity contribution in [2.24, 2.45) is 11.7 Å². The van der Waals surface area contributed by atoms with E-state index in [2.05, 4.69) is 0 Å². The molecule has 0 saturated carbocycles. The number of primary amides is 1. The van der Waals surface area contributed by atoms with Crippen LogP contribution in [-0.2, 0) is 14.8 Å². The molecule has 1 fully saturated rings. The molecule has 0 aliphatic carbocycles. The fraction of sp³-hybridized carbons (Fsp3) is 0.278. The quantitative estimate of drug-likeness (QED) is 0.778. The second-order valence-electron chi connectivity index (χ2n) is 6.34. The number of benzene rings is 2. The molecular weight excluding hydrogens is 340 g/mol. The summed E-state index contributed by atoms with van der Waals surface area (Å²) in [4.78, 5) is 11.5. The Kier molecular flexibility index (Phi) is 3.77. The number of hydrogen-bond acceptors (Lipinski definition) is 4. The first-order chi connectivity index (χ1) is 12.0. The Morgan fingerprint density at radius 2 is 1.72 bits per heavy atom. The lowest BCUT2D eigenvalue weighted by molar-refractivity contribution is -0.122. The van der Waals surface area contributed by atoms with Gasteiger partial charge in [0.05, 0.1) is 4.90 Å². The first kappa shape index (κ1) is 16.1. The molecule has 0 bridgehead atoms. The van der Waals surface area contributed by atoms with Crippen molar-refractivity contribution in [3.05, 3.63) is 42.5 Å². The van der Waals surface area contributed by atoms with Crippen LogP contribution in [0, 0.1) is 5.92 Å². The SMILES string of the molecule is NC(=O)C1CCN(S(=O)(=O)c2ccc3oc4ccccc4c3c2)CC1. The molecule has 0 spiro atoms. The molecule has 0 atom stereocenters. The number of carbonyl (C=O) groups is 1. The highest BCUT2D eigenvalue weighted by Gasteiger charge is 2.31. The van der Waals surface area contributed by atoms with Crippen molar-refractivity contribution in [3.63, 3.8) is 0 Å². The average Bonchev–Trinajstić information content (AvgIpc) is 2.99. The molecule has 0 unspecified atom stereocenters. The van der Waals surface area contributed by atoms with Crippen LogP contribution in [0.15, 0.2) is 51.8 Å². The van der Waals surface area contributed by atoms with Crippen molar-refractivity contribution >= 4 is 37.9 Å². The number of nitrogens with two attached hydrogens (primary N) is 1. The number of rotatable bonds is 3. The van der Waals surface area contributed by atoms with Gasteiger partial charge < -0.3 is 10.2 Å². The van der Waals surface area contributed by atoms with Crippen LogP contribution in [0.4, 0.5) is 0 Å². The van der Waals surface area contributed by atoms with Gasteiger partial charge in [0.15, 0.2) is 0 Å². The average molecular weight is 358 g/mol. The zero-order valence-corrected chi connectivity index (χ0v) is 14.3. The van der Waals surface area contributed by atoms with Gasteiger partial charge in [-0.05, 0) is 37.1 Å². The lowest BCUT2D eigenvalue weighted by Gasteiger charge is -2.29. The minimum Gasteiger partial charge on any atom is -0.456 e. The van der Waals surface area contributed by atoms with Gasteiger partial charge in [-0.1, -0.05) is 18.2 Å². The normalized spacial score (nSPS) is 17.3. The Balaban J connectivity index is 1.71. The van der Waals surface area contributed by atoms with Gasteiger partial charge in [-0.2, -0.15) is 4.31 Å². The van der Waals surface area contributed by atoms with Crippen molar-refractivity contribution in [1.82, 2.24) is 4.31 Å². The van der Waals surface area contributed by atoms with Crippen molar-refractivity contribution in [2.45, 2.75) is 17.7 Å². The number of para-hydroxylation sites is 1. The minimum atomic E-state index is -3.61. The third-order valence-corrected chi connectivity index (χ3v) is 6.74. The van der Waals surface area contributed by atoms with E-state index in [1.807, 2.05) is 24.3 Å². The number of nitrogens with zero attached hydrogens (tertiary/aromatic N) is 1. The third kappa shape index (κ3) is 2.69. The molecule has 4 rings (SSSR count). The number of sulfonamides is 1. The lowest BCUT2D eigenvalue weighted by Crippen LogP contribution is -2.41. The molecule has 7 heteroatoms. The van der Waals surface area contributed by atoms with Gasteiger partial charge in [-0.25, -0.2) is 8.42 Å². The second kappa shape index (κ2) is 5.86. The molecule has 1 aromatic heterocycles. The molecule has 0 radical (unpaired) electrons. The maximum absolute atomic E-state index is 12.9. The van der Waals surface area contributed by atoms with Crippen LogP contribution >= 0.6 is 0 Å². The standard InChI is InChI=1S/C18H18N2O4S/c19-18(21)12-7-9-20(10-8-12)25(22,23)13-5-6-17-15(11-13)14-3-1-2-4-16(14)24-17/h1-6,11-12H,7-10H2,(H2,19,21). The topological polar surface area (TPSA) is 93.6 Å². The van der Waals surface area contributed by atoms with Gasteiger partial charge in [-0.3, -0.25) is 4.79 Å². The third-order valence-electron chi connectivity index (χ3n) is 4.84. The smallest absolute Gasteiger partial charge is 0.243 e. The van der Waals surface area contributed by atoms with Crippen LogP contribution in [0.2, 0.25) is 0 Å². The van der Waals surface area contributed by atoms with Gasteiger partial charge in [0, 0.05) is 29.8 Å². The Morgan fingerprint density at radius 3 is 2.44 bits per heavy atom. The van der Waals surface area contributed by atoms with E-state index in [1.165, 1.54) is 4.31 Å². The van der Waals surface area contributed by atoms with Crippen molar-refractivity contribution < 1.29 is 17.6 Å². The summed E-state index contributed by atoms with van der Waals surface area (Å²) in [6.45, 7) is 0.611. The van der Waals surface area contributed by atoms with Crippen LogP contribution in [-0.4, -0.2) is 31.7 Å². The largest absolute Gasteiger partial charge is 0.456 e. The maximum Gasteiger partial charge on any atom is 0.243 e. The summed E-state index contributed by atoms with van der Waals surface area (Å²) >= 11 is 0. The molecule has 2 N–H and O–H groups in total. The molecule has 3 aromatic rings. The van der Waals surface area contributed by atoms with Gasteiger partial charge >= 0.3 is 0 Å². The van der Waals surface area contributed by atoms with E-state index in [1.54, 1.807) is 18.2 Å². The van der Waals surface area contributed by atoms with Crippen LogP contribution in [0.25, 0.3) is 21.9 Å². The summed E-state index contributed by atoms with van der Waals surface area (Å²) in [5, 5.41) is 1.67. The summed E-state index contributed by atoms with van der Waals surface area (Å²) < 4.78 is 33.1. The molecule has 1 aliphatic heterocycles. The molecule has 25 heavy (non-hydrogen) atoms. The number of fused-ring (bicyclic) bond motifs is 3. The predicted molar refractivity (Wildman–Crippen MR) is 94.4 cm³/mol. The van der Waals surface area contributed by atoms with Crippen molar-refractivity contribution in [2.75, 3.05) is 13.1 Å². The van der Waals surface area contributed by atoms with Crippen LogP contribution in [0.1, 0.15) is 12.8 Å². The lowest BCUT2D eigenvalue weighted by atomic mass is 9.98. The highest BCUT2D eigenvalue weighted by molar-refractivity contribution is 7.89. The monoisotopic (exact) mass is 358 g/mol. The highest BCUT2D eigenvalue weighted by Crippen LogP contribution is 2.32. The summed E-state index contributed by atoms with van der Waals surface area (Å²) in [6.07, 6.45) is 0.927. The summed E-state index contributed by atoms with van der Waals surface area (Å²) in [5.41, 5.74) is 6.71. The van der Waals surface area contributed by atoms with Gasteiger partial charge in [0.25, 0.3) is 0 Å². The molecule has 130 valence electrons. The first-order valence-electron chi connectivity index (χ1n) is 8.17. The van der Waals surface area contributed by atoms with Crippen LogP contribution in [0.5, 0.6) is 0 Å². The molecular formula is C18H18N2O4S. The molecule has 1 saturated heterocycles. The Labute approximate surface area is 145 Å². The first-order valence-corrected chi connectivity index (χ1v) is 9.61. The zero-order chi connectivity index (χ0) is 17.6. The fourth-order valence-corrected chi connectivity index (χ4v) is 4.89. The number of hydrogen-bond donors (Lipinski definition) is 1. The van der Waals surface area contributed by atoms with Gasteiger partial charge in [-0.15, -0.1) is 0 Å². The second-order valence-corrected chi connectivity index (χ2v) is 8.27. The Bertz CT molecular complexity index is 1060. The maximum atomic E-state index is 12.9. The zero-order valence-electron chi connectivity index (χ0n) is 13.5. The van der Waals surface area contributed by atoms with E-state index in [-0.39, 0.29) is 16.7 Å². The molecule has 2 heterocycles. The number of piperidine rings is 1. The molecule has 2 aromatic carbocycles. The summed E-state index contributed by atoms with van der Waals surface area (Å²) in [5.74, 6) is -0.602. The van der Waals surface area contributed by atoms with Crippen LogP contribution < -0.4 is 5.73 Å². The van der Waals surface area contributed by atoms with E-state index in [4.69, 9.17) is 10.2 Å². The van der Waals surface area contributed by atoms with Gasteiger partial charge in [0.2, 0.25) is 15.9 Å². The number of carbonyl (C=O) groups excluding carboxylic acids is 1. The Hall–Kier alpha value is -2.38. The molecule has 1 amide bonds. The number of amides is 1. The molecule has 1 aliphatic rings. The van der Waals surface area contributed by atoms with E-state index in [9.17, 15) is 13.2 Å². The van der Waals surface area contributed by atoms with Crippen molar-refractivity contribution in [3.8, 4) is 0 Å². The summed E-state index contributed by atoms with van der Waals surface area (Å²) in [6, 6.07) is 12.5. The van der Waals surface area contributed by atoms with E-state index in [0.717, 1.165) is 16.4 Å². The van der Waals surface area contributed by atoms with E-state index in [0.29, 0.717) is 31.5 Å². The van der Waals surface area contributed by atoms with Crippen molar-refractivity contribution in [1.29, 1.82) is 0 Å². The summed E-state index contributed by atoms with van der Waals surface area (Å²) in [7, 11) is -3.61. The minimum absolute atomic E-state index is 0.240. The molecule has 6 nitrogen and oxygen atoms in total. The van der Waals surface area contributed by atoms with Gasteiger partial charge in [0.1, 0.15) is 11.2 Å². The van der Waals surface area contributed by atoms with E-state index >= 15 is 0 Å². The predicted octanol–water partition coefficient (Wildman–Crippen LogP) is 2.47. The fourth-order valence-electron chi connectivity index (χ4n) is 3.40. The number of furan rings is 1. The Morgan fingerprint density at radius 1 is 1.04 bits per heavy atom. The van der Waals surface area contributed by atoms with Crippen LogP contribution in [0.3, 0.4) is 0 Å². The van der Waals surface area contributed by atoms with E-state index < -0.39 is 10.0 Å².